The molecule has 6 nitrogen and oxygen atoms in total. The maximum Gasteiger partial charge on any atom is 0.305 e. The van der Waals surface area contributed by atoms with E-state index in [1.165, 1.54) is 18.2 Å². The number of carbonyl (C=O) groups excluding carboxylic acids is 1. The molecule has 0 bridgehead atoms. The van der Waals surface area contributed by atoms with Crippen LogP contribution >= 0.6 is 0 Å². The molecule has 0 fully saturated rings. The van der Waals surface area contributed by atoms with Gasteiger partial charge in [0.15, 0.2) is 5.69 Å². The van der Waals surface area contributed by atoms with Crippen molar-refractivity contribution in [3.05, 3.63) is 77.4 Å². The molecule has 0 saturated carbocycles. The fraction of sp³-hybridized carbons (Fsp3) is 0.227. The standard InChI is InChI=1S/C22H21FN2O4/c1-13(2)20-19(25-22(29-20)14-8-4-3-5-9-14)21(28)24-17(12-18(26)27)15-10-6-7-11-16(15)23/h3-11,13,17H,12H2,1-2H3,(H,24,28)(H,26,27)/t17-/m0/s1. The van der Waals surface area contributed by atoms with Crippen molar-refractivity contribution in [1.29, 1.82) is 0 Å². The van der Waals surface area contributed by atoms with Crippen LogP contribution in [0.3, 0.4) is 0 Å². The molecular formula is C22H21FN2O4. The minimum atomic E-state index is -1.16. The number of aliphatic carboxylic acids is 1. The number of aromatic nitrogens is 1. The summed E-state index contributed by atoms with van der Waals surface area (Å²) in [5, 5.41) is 11.8. The largest absolute Gasteiger partial charge is 0.481 e. The van der Waals surface area contributed by atoms with Gasteiger partial charge in [-0.3, -0.25) is 9.59 Å². The number of benzene rings is 2. The van der Waals surface area contributed by atoms with Gasteiger partial charge in [-0.2, -0.15) is 0 Å². The Morgan fingerprint density at radius 2 is 1.76 bits per heavy atom. The van der Waals surface area contributed by atoms with Crippen LogP contribution in [-0.4, -0.2) is 22.0 Å². The average molecular weight is 396 g/mol. The molecule has 2 N–H and O–H groups in total. The third-order valence-corrected chi connectivity index (χ3v) is 4.38. The first-order valence-corrected chi connectivity index (χ1v) is 9.20. The van der Waals surface area contributed by atoms with E-state index in [9.17, 15) is 19.1 Å². The average Bonchev–Trinajstić information content (AvgIpc) is 3.14. The predicted molar refractivity (Wildman–Crippen MR) is 105 cm³/mol. The summed E-state index contributed by atoms with van der Waals surface area (Å²) in [5.74, 6) is -1.83. The van der Waals surface area contributed by atoms with E-state index in [1.54, 1.807) is 6.07 Å². The van der Waals surface area contributed by atoms with E-state index in [0.717, 1.165) is 0 Å². The second kappa shape index (κ2) is 8.68. The van der Waals surface area contributed by atoms with Gasteiger partial charge in [0.25, 0.3) is 5.91 Å². The molecule has 0 aliphatic heterocycles. The molecular weight excluding hydrogens is 375 g/mol. The van der Waals surface area contributed by atoms with Crippen molar-refractivity contribution >= 4 is 11.9 Å². The number of nitrogens with one attached hydrogen (secondary N) is 1. The van der Waals surface area contributed by atoms with Crippen molar-refractivity contribution in [2.24, 2.45) is 0 Å². The van der Waals surface area contributed by atoms with Crippen molar-refractivity contribution in [2.45, 2.75) is 32.2 Å². The lowest BCUT2D eigenvalue weighted by molar-refractivity contribution is -0.137. The number of halogens is 1. The van der Waals surface area contributed by atoms with E-state index in [4.69, 9.17) is 4.42 Å². The molecule has 7 heteroatoms. The summed E-state index contributed by atoms with van der Waals surface area (Å²) in [7, 11) is 0. The van der Waals surface area contributed by atoms with Crippen LogP contribution in [0.2, 0.25) is 0 Å². The van der Waals surface area contributed by atoms with E-state index in [-0.39, 0.29) is 17.2 Å². The molecule has 0 saturated heterocycles. The SMILES string of the molecule is CC(C)c1oc(-c2ccccc2)nc1C(=O)N[C@@H](CC(=O)O)c1ccccc1F. The zero-order chi connectivity index (χ0) is 21.0. The molecule has 0 aliphatic rings. The third-order valence-electron chi connectivity index (χ3n) is 4.38. The second-order valence-electron chi connectivity index (χ2n) is 6.90. The highest BCUT2D eigenvalue weighted by Crippen LogP contribution is 2.28. The molecule has 0 spiro atoms. The molecule has 29 heavy (non-hydrogen) atoms. The summed E-state index contributed by atoms with van der Waals surface area (Å²) in [6, 6.07) is 13.8. The summed E-state index contributed by atoms with van der Waals surface area (Å²) in [6.45, 7) is 3.72. The molecule has 1 atom stereocenters. The number of amides is 1. The molecule has 1 aromatic heterocycles. The topological polar surface area (TPSA) is 92.4 Å². The Labute approximate surface area is 167 Å². The number of carbonyl (C=O) groups is 2. The number of carboxylic acids is 1. The highest BCUT2D eigenvalue weighted by molar-refractivity contribution is 5.94. The van der Waals surface area contributed by atoms with Crippen molar-refractivity contribution < 1.29 is 23.5 Å². The Morgan fingerprint density at radius 3 is 2.38 bits per heavy atom. The maximum atomic E-state index is 14.2. The third kappa shape index (κ3) is 4.68. The van der Waals surface area contributed by atoms with E-state index in [0.29, 0.717) is 17.2 Å². The first-order chi connectivity index (χ1) is 13.9. The Bertz CT molecular complexity index is 1010. The van der Waals surface area contributed by atoms with Gasteiger partial charge in [-0.1, -0.05) is 50.2 Å². The van der Waals surface area contributed by atoms with E-state index < -0.39 is 30.2 Å². The molecule has 0 radical (unpaired) electrons. The minimum absolute atomic E-state index is 0.0607. The number of hydrogen-bond acceptors (Lipinski definition) is 4. The van der Waals surface area contributed by atoms with E-state index in [2.05, 4.69) is 10.3 Å². The van der Waals surface area contributed by atoms with Gasteiger partial charge in [0.1, 0.15) is 11.6 Å². The smallest absolute Gasteiger partial charge is 0.305 e. The van der Waals surface area contributed by atoms with Crippen LogP contribution in [0.1, 0.15) is 54.0 Å². The highest BCUT2D eigenvalue weighted by Gasteiger charge is 2.27. The van der Waals surface area contributed by atoms with Crippen molar-refractivity contribution in [1.82, 2.24) is 10.3 Å². The van der Waals surface area contributed by atoms with Crippen LogP contribution in [0.4, 0.5) is 4.39 Å². The zero-order valence-corrected chi connectivity index (χ0v) is 16.1. The van der Waals surface area contributed by atoms with E-state index >= 15 is 0 Å². The van der Waals surface area contributed by atoms with Gasteiger partial charge >= 0.3 is 5.97 Å². The molecule has 1 heterocycles. The number of carboxylic acid groups (broad SMARTS) is 1. The minimum Gasteiger partial charge on any atom is -0.481 e. The Morgan fingerprint density at radius 1 is 1.10 bits per heavy atom. The molecule has 0 unspecified atom stereocenters. The monoisotopic (exact) mass is 396 g/mol. The molecule has 0 aliphatic carbocycles. The molecule has 3 aromatic rings. The van der Waals surface area contributed by atoms with Gasteiger partial charge in [-0.05, 0) is 18.2 Å². The quantitative estimate of drug-likeness (QED) is 0.611. The predicted octanol–water partition coefficient (Wildman–Crippen LogP) is 4.55. The van der Waals surface area contributed by atoms with Gasteiger partial charge < -0.3 is 14.8 Å². The summed E-state index contributed by atoms with van der Waals surface area (Å²) >= 11 is 0. The van der Waals surface area contributed by atoms with Gasteiger partial charge in [0, 0.05) is 17.0 Å². The number of nitrogens with zero attached hydrogens (tertiary/aromatic N) is 1. The van der Waals surface area contributed by atoms with Gasteiger partial charge in [-0.25, -0.2) is 9.37 Å². The lowest BCUT2D eigenvalue weighted by atomic mass is 10.0. The fourth-order valence-corrected chi connectivity index (χ4v) is 2.99. The number of hydrogen-bond donors (Lipinski definition) is 2. The Balaban J connectivity index is 1.95. The van der Waals surface area contributed by atoms with Crippen LogP contribution in [0.15, 0.2) is 59.0 Å². The van der Waals surface area contributed by atoms with Gasteiger partial charge in [0.2, 0.25) is 5.89 Å². The maximum absolute atomic E-state index is 14.2. The molecule has 3 rings (SSSR count). The van der Waals surface area contributed by atoms with Crippen molar-refractivity contribution in [3.8, 4) is 11.5 Å². The Hall–Kier alpha value is -3.48. The van der Waals surface area contributed by atoms with Crippen LogP contribution in [0.25, 0.3) is 11.5 Å². The highest BCUT2D eigenvalue weighted by atomic mass is 19.1. The first kappa shape index (κ1) is 20.3. The number of oxazole rings is 1. The number of rotatable bonds is 7. The van der Waals surface area contributed by atoms with Crippen LogP contribution in [-0.2, 0) is 4.79 Å². The summed E-state index contributed by atoms with van der Waals surface area (Å²) in [5.41, 5.74) is 0.872. The lowest BCUT2D eigenvalue weighted by Gasteiger charge is -2.18. The lowest BCUT2D eigenvalue weighted by Crippen LogP contribution is -2.31. The summed E-state index contributed by atoms with van der Waals surface area (Å²) in [6.07, 6.45) is -0.465. The fourth-order valence-electron chi connectivity index (χ4n) is 2.99. The normalized spacial score (nSPS) is 12.0. The van der Waals surface area contributed by atoms with Crippen LogP contribution in [0.5, 0.6) is 0 Å². The van der Waals surface area contributed by atoms with Gasteiger partial charge in [0.05, 0.1) is 12.5 Å². The van der Waals surface area contributed by atoms with Gasteiger partial charge in [-0.15, -0.1) is 0 Å². The van der Waals surface area contributed by atoms with Crippen LogP contribution in [0, 0.1) is 5.82 Å². The Kier molecular flexibility index (Phi) is 6.07. The molecule has 1 amide bonds. The van der Waals surface area contributed by atoms with Crippen molar-refractivity contribution in [2.75, 3.05) is 0 Å². The van der Waals surface area contributed by atoms with Crippen LogP contribution < -0.4 is 5.32 Å². The van der Waals surface area contributed by atoms with Crippen molar-refractivity contribution in [3.63, 3.8) is 0 Å². The molecule has 2 aromatic carbocycles. The first-order valence-electron chi connectivity index (χ1n) is 9.20. The molecule has 150 valence electrons. The second-order valence-corrected chi connectivity index (χ2v) is 6.90. The van der Waals surface area contributed by atoms with E-state index in [1.807, 2.05) is 44.2 Å². The zero-order valence-electron chi connectivity index (χ0n) is 16.1. The summed E-state index contributed by atoms with van der Waals surface area (Å²) in [4.78, 5) is 28.5. The summed E-state index contributed by atoms with van der Waals surface area (Å²) < 4.78 is 20.0.